The van der Waals surface area contributed by atoms with Gasteiger partial charge in [0.15, 0.2) is 0 Å². The molecular formula is C17H26BrN3O4. The van der Waals surface area contributed by atoms with Gasteiger partial charge in [0, 0.05) is 6.20 Å². The van der Waals surface area contributed by atoms with E-state index in [1.54, 1.807) is 47.6 Å². The average molecular weight is 416 g/mol. The molecule has 0 aliphatic carbocycles. The lowest BCUT2D eigenvalue weighted by Crippen LogP contribution is -2.37. The van der Waals surface area contributed by atoms with Gasteiger partial charge < -0.3 is 14.8 Å². The first-order chi connectivity index (χ1) is 11.3. The number of aromatic nitrogens is 2. The zero-order chi connectivity index (χ0) is 19.4. The smallest absolute Gasteiger partial charge is 0.420 e. The molecule has 0 saturated heterocycles. The molecular weight excluding hydrogens is 390 g/mol. The van der Waals surface area contributed by atoms with Crippen LogP contribution in [0.3, 0.4) is 0 Å². The molecule has 1 N–H and O–H groups in total. The predicted octanol–water partition coefficient (Wildman–Crippen LogP) is 4.57. The second kappa shape index (κ2) is 8.03. The van der Waals surface area contributed by atoms with Crippen LogP contribution in [-0.4, -0.2) is 32.9 Å². The molecule has 1 amide bonds. The molecule has 1 heterocycles. The van der Waals surface area contributed by atoms with Crippen molar-refractivity contribution in [1.82, 2.24) is 14.9 Å². The number of carbonyl (C=O) groups is 2. The van der Waals surface area contributed by atoms with Crippen LogP contribution in [0.1, 0.15) is 59.8 Å². The third kappa shape index (κ3) is 7.29. The molecule has 1 rings (SSSR count). The highest BCUT2D eigenvalue weighted by atomic mass is 79.9. The van der Waals surface area contributed by atoms with Gasteiger partial charge in [0.25, 0.3) is 0 Å². The van der Waals surface area contributed by atoms with Gasteiger partial charge in [-0.05, 0) is 63.9 Å². The monoisotopic (exact) mass is 415 g/mol. The molecule has 0 spiro atoms. The van der Waals surface area contributed by atoms with Crippen molar-refractivity contribution in [2.75, 3.05) is 0 Å². The highest BCUT2D eigenvalue weighted by Crippen LogP contribution is 2.22. The van der Waals surface area contributed by atoms with E-state index in [1.165, 1.54) is 10.8 Å². The highest BCUT2D eigenvalue weighted by Gasteiger charge is 2.27. The van der Waals surface area contributed by atoms with Crippen LogP contribution in [0, 0.1) is 0 Å². The van der Waals surface area contributed by atoms with Gasteiger partial charge in [-0.3, -0.25) is 0 Å². The fourth-order valence-corrected chi connectivity index (χ4v) is 2.30. The summed E-state index contributed by atoms with van der Waals surface area (Å²) in [5.74, 6) is 0.326. The molecule has 0 aliphatic rings. The molecule has 0 aromatic carbocycles. The Hall–Kier alpha value is -1.83. The molecule has 7 nitrogen and oxygen atoms in total. The van der Waals surface area contributed by atoms with Crippen molar-refractivity contribution in [2.24, 2.45) is 0 Å². The quantitative estimate of drug-likeness (QED) is 0.727. The fraction of sp³-hybridized carbons (Fsp3) is 0.588. The van der Waals surface area contributed by atoms with E-state index in [1.807, 2.05) is 0 Å². The Morgan fingerprint density at radius 1 is 1.28 bits per heavy atom. The number of rotatable bonds is 4. The van der Waals surface area contributed by atoms with Crippen LogP contribution < -0.4 is 5.32 Å². The molecule has 0 saturated carbocycles. The van der Waals surface area contributed by atoms with Crippen molar-refractivity contribution in [3.63, 3.8) is 0 Å². The molecule has 1 aromatic heterocycles. The summed E-state index contributed by atoms with van der Waals surface area (Å²) >= 11 is 3.26. The number of amides is 1. The maximum absolute atomic E-state index is 12.4. The van der Waals surface area contributed by atoms with Crippen molar-refractivity contribution in [2.45, 2.75) is 65.2 Å². The molecule has 25 heavy (non-hydrogen) atoms. The second-order valence-corrected chi connectivity index (χ2v) is 8.31. The van der Waals surface area contributed by atoms with Gasteiger partial charge in [-0.2, -0.15) is 0 Å². The van der Waals surface area contributed by atoms with E-state index in [2.05, 4.69) is 32.8 Å². The van der Waals surface area contributed by atoms with Gasteiger partial charge in [-0.25, -0.2) is 19.1 Å². The average Bonchev–Trinajstić information content (AvgIpc) is 2.76. The van der Waals surface area contributed by atoms with Crippen LogP contribution in [0.4, 0.5) is 9.59 Å². The molecule has 0 fully saturated rings. The summed E-state index contributed by atoms with van der Waals surface area (Å²) in [5, 5.41) is 2.72. The SMILES string of the molecule is C=CCC(NC(=O)OC(C)(C)C)c1nc(Br)cn1C(=O)OC(C)(C)C. The zero-order valence-corrected chi connectivity index (χ0v) is 17.1. The third-order valence-electron chi connectivity index (χ3n) is 2.70. The van der Waals surface area contributed by atoms with Crippen molar-refractivity contribution in [1.29, 1.82) is 0 Å². The van der Waals surface area contributed by atoms with Gasteiger partial charge >= 0.3 is 12.2 Å². The lowest BCUT2D eigenvalue weighted by molar-refractivity contribution is 0.0473. The summed E-state index contributed by atoms with van der Waals surface area (Å²) in [5.41, 5.74) is -1.29. The highest BCUT2D eigenvalue weighted by molar-refractivity contribution is 9.10. The summed E-state index contributed by atoms with van der Waals surface area (Å²) in [6.07, 6.45) is 2.31. The normalized spacial score (nSPS) is 13.1. The van der Waals surface area contributed by atoms with Crippen LogP contribution in [0.15, 0.2) is 23.5 Å². The summed E-state index contributed by atoms with van der Waals surface area (Å²) in [7, 11) is 0. The van der Waals surface area contributed by atoms with Gasteiger partial charge in [0.1, 0.15) is 21.6 Å². The number of nitrogens with one attached hydrogen (secondary N) is 1. The van der Waals surface area contributed by atoms with Gasteiger partial charge in [0.2, 0.25) is 0 Å². The number of imidazole rings is 1. The first-order valence-corrected chi connectivity index (χ1v) is 8.70. The molecule has 8 heteroatoms. The Morgan fingerprint density at radius 3 is 2.32 bits per heavy atom. The van der Waals surface area contributed by atoms with Crippen LogP contribution >= 0.6 is 15.9 Å². The summed E-state index contributed by atoms with van der Waals surface area (Å²) in [4.78, 5) is 28.8. The zero-order valence-electron chi connectivity index (χ0n) is 15.6. The molecule has 1 atom stereocenters. The standard InChI is InChI=1S/C17H26BrN3O4/c1-8-9-11(19-14(22)24-16(2,3)4)13-20-12(18)10-21(13)15(23)25-17(5,6)7/h8,10-11H,1,9H2,2-7H3,(H,19,22). The number of carbonyl (C=O) groups excluding carboxylic acids is 2. The van der Waals surface area contributed by atoms with Gasteiger partial charge in [-0.1, -0.05) is 6.08 Å². The molecule has 0 radical (unpaired) electrons. The second-order valence-electron chi connectivity index (χ2n) is 7.50. The summed E-state index contributed by atoms with van der Waals surface area (Å²) in [6, 6.07) is -0.592. The minimum absolute atomic E-state index is 0.326. The Balaban J connectivity index is 3.09. The lowest BCUT2D eigenvalue weighted by Gasteiger charge is -2.24. The van der Waals surface area contributed by atoms with Crippen molar-refractivity contribution < 1.29 is 19.1 Å². The summed E-state index contributed by atoms with van der Waals surface area (Å²) in [6.45, 7) is 14.3. The molecule has 140 valence electrons. The van der Waals surface area contributed by atoms with Crippen molar-refractivity contribution in [3.05, 3.63) is 29.3 Å². The van der Waals surface area contributed by atoms with E-state index < -0.39 is 29.4 Å². The van der Waals surface area contributed by atoms with E-state index in [0.717, 1.165) is 0 Å². The van der Waals surface area contributed by atoms with E-state index in [0.29, 0.717) is 16.8 Å². The topological polar surface area (TPSA) is 82.5 Å². The first kappa shape index (κ1) is 21.2. The largest absolute Gasteiger partial charge is 0.444 e. The van der Waals surface area contributed by atoms with E-state index >= 15 is 0 Å². The fourth-order valence-electron chi connectivity index (χ4n) is 1.91. The molecule has 0 aliphatic heterocycles. The Kier molecular flexibility index (Phi) is 6.82. The molecule has 1 aromatic rings. The Labute approximate surface area is 156 Å². The van der Waals surface area contributed by atoms with Crippen LogP contribution in [0.25, 0.3) is 0 Å². The molecule has 0 bridgehead atoms. The summed E-state index contributed by atoms with van der Waals surface area (Å²) < 4.78 is 12.4. The maximum atomic E-state index is 12.4. The third-order valence-corrected chi connectivity index (χ3v) is 3.08. The van der Waals surface area contributed by atoms with Crippen LogP contribution in [-0.2, 0) is 9.47 Å². The Morgan fingerprint density at radius 2 is 1.84 bits per heavy atom. The van der Waals surface area contributed by atoms with E-state index in [-0.39, 0.29) is 0 Å². The number of hydrogen-bond acceptors (Lipinski definition) is 5. The number of hydrogen-bond donors (Lipinski definition) is 1. The van der Waals surface area contributed by atoms with Crippen LogP contribution in [0.2, 0.25) is 0 Å². The minimum Gasteiger partial charge on any atom is -0.444 e. The number of alkyl carbamates (subject to hydrolysis) is 1. The van der Waals surface area contributed by atoms with Crippen LogP contribution in [0.5, 0.6) is 0 Å². The molecule has 1 unspecified atom stereocenters. The minimum atomic E-state index is -0.655. The number of halogens is 1. The van der Waals surface area contributed by atoms with Gasteiger partial charge in [-0.15, -0.1) is 6.58 Å². The van der Waals surface area contributed by atoms with Crippen molar-refractivity contribution in [3.8, 4) is 0 Å². The van der Waals surface area contributed by atoms with E-state index in [9.17, 15) is 9.59 Å². The maximum Gasteiger partial charge on any atom is 0.420 e. The van der Waals surface area contributed by atoms with Gasteiger partial charge in [0.05, 0.1) is 6.04 Å². The van der Waals surface area contributed by atoms with E-state index in [4.69, 9.17) is 9.47 Å². The number of nitrogens with zero attached hydrogens (tertiary/aromatic N) is 2. The lowest BCUT2D eigenvalue weighted by atomic mass is 10.2. The predicted molar refractivity (Wildman–Crippen MR) is 98.5 cm³/mol. The van der Waals surface area contributed by atoms with Crippen molar-refractivity contribution >= 4 is 28.1 Å². The number of ether oxygens (including phenoxy) is 2. The Bertz CT molecular complexity index is 641. The first-order valence-electron chi connectivity index (χ1n) is 7.91.